The van der Waals surface area contributed by atoms with Crippen molar-refractivity contribution in [2.75, 3.05) is 27.2 Å². The highest BCUT2D eigenvalue weighted by molar-refractivity contribution is 6.10. The monoisotopic (exact) mass is 285 g/mol. The predicted molar refractivity (Wildman–Crippen MR) is 82.0 cm³/mol. The summed E-state index contributed by atoms with van der Waals surface area (Å²) in [5.74, 6) is 0.290. The Morgan fingerprint density at radius 1 is 1.14 bits per heavy atom. The highest BCUT2D eigenvalue weighted by atomic mass is 16.5. The molecule has 0 aliphatic rings. The van der Waals surface area contributed by atoms with Gasteiger partial charge in [-0.1, -0.05) is 30.3 Å². The summed E-state index contributed by atoms with van der Waals surface area (Å²) in [6.07, 6.45) is 0. The lowest BCUT2D eigenvalue weighted by atomic mass is 10.0. The molecule has 4 heteroatoms. The second kappa shape index (κ2) is 6.90. The smallest absolute Gasteiger partial charge is 0.196 e. The van der Waals surface area contributed by atoms with Crippen LogP contribution >= 0.6 is 0 Å². The van der Waals surface area contributed by atoms with E-state index in [0.29, 0.717) is 17.9 Å². The van der Waals surface area contributed by atoms with E-state index in [4.69, 9.17) is 4.74 Å². The average Bonchev–Trinajstić information content (AvgIpc) is 2.47. The summed E-state index contributed by atoms with van der Waals surface area (Å²) in [7, 11) is 3.92. The second-order valence-corrected chi connectivity index (χ2v) is 5.03. The molecule has 2 rings (SSSR count). The number of nitrogens with zero attached hydrogens (tertiary/aromatic N) is 1. The Labute approximate surface area is 124 Å². The average molecular weight is 285 g/mol. The Balaban J connectivity index is 2.11. The lowest BCUT2D eigenvalue weighted by molar-refractivity contribution is 0.103. The fourth-order valence-corrected chi connectivity index (χ4v) is 1.88. The van der Waals surface area contributed by atoms with Crippen LogP contribution < -0.4 is 4.74 Å². The number of phenols is 1. The maximum Gasteiger partial charge on any atom is 0.196 e. The molecule has 0 saturated carbocycles. The van der Waals surface area contributed by atoms with E-state index in [9.17, 15) is 9.90 Å². The molecule has 0 bridgehead atoms. The molecule has 0 unspecified atom stereocenters. The summed E-state index contributed by atoms with van der Waals surface area (Å²) < 4.78 is 5.53. The Hall–Kier alpha value is -2.33. The molecule has 4 nitrogen and oxygen atoms in total. The highest BCUT2D eigenvalue weighted by Gasteiger charge is 2.13. The number of likely N-dealkylation sites (N-methyl/N-ethyl adjacent to an activating group) is 1. The molecule has 0 radical (unpaired) electrons. The lowest BCUT2D eigenvalue weighted by Gasteiger charge is -2.12. The standard InChI is InChI=1S/C17H19NO3/c1-18(2)10-11-21-14-8-9-15(16(19)12-14)17(20)13-6-4-3-5-7-13/h3-9,12,19H,10-11H2,1-2H3. The van der Waals surface area contributed by atoms with Crippen LogP contribution in [0.2, 0.25) is 0 Å². The predicted octanol–water partition coefficient (Wildman–Crippen LogP) is 2.56. The number of carbonyl (C=O) groups is 1. The van der Waals surface area contributed by atoms with Gasteiger partial charge in [0.25, 0.3) is 0 Å². The van der Waals surface area contributed by atoms with Crippen molar-refractivity contribution in [2.24, 2.45) is 0 Å². The van der Waals surface area contributed by atoms with Gasteiger partial charge in [-0.3, -0.25) is 4.79 Å². The van der Waals surface area contributed by atoms with E-state index in [2.05, 4.69) is 0 Å². The van der Waals surface area contributed by atoms with E-state index in [1.54, 1.807) is 36.4 Å². The number of phenolic OH excluding ortho intramolecular Hbond substituents is 1. The fourth-order valence-electron chi connectivity index (χ4n) is 1.88. The summed E-state index contributed by atoms with van der Waals surface area (Å²) in [6.45, 7) is 1.31. The van der Waals surface area contributed by atoms with Gasteiger partial charge in [0.1, 0.15) is 18.1 Å². The number of hydrogen-bond donors (Lipinski definition) is 1. The Bertz CT molecular complexity index is 609. The van der Waals surface area contributed by atoms with Crippen LogP contribution in [0.5, 0.6) is 11.5 Å². The van der Waals surface area contributed by atoms with Gasteiger partial charge in [-0.05, 0) is 26.2 Å². The number of benzene rings is 2. The van der Waals surface area contributed by atoms with Crippen molar-refractivity contribution in [3.8, 4) is 11.5 Å². The molecule has 21 heavy (non-hydrogen) atoms. The molecule has 0 aliphatic carbocycles. The van der Waals surface area contributed by atoms with E-state index in [1.807, 2.05) is 25.1 Å². The van der Waals surface area contributed by atoms with E-state index in [0.717, 1.165) is 6.54 Å². The maximum atomic E-state index is 12.3. The lowest BCUT2D eigenvalue weighted by Crippen LogP contribution is -2.19. The minimum atomic E-state index is -0.201. The van der Waals surface area contributed by atoms with Gasteiger partial charge in [0.2, 0.25) is 0 Å². The van der Waals surface area contributed by atoms with Crippen LogP contribution in [-0.2, 0) is 0 Å². The molecule has 0 fully saturated rings. The third-order valence-electron chi connectivity index (χ3n) is 3.06. The Kier molecular flexibility index (Phi) is 4.95. The molecule has 110 valence electrons. The Morgan fingerprint density at radius 2 is 1.86 bits per heavy atom. The minimum absolute atomic E-state index is 0.0637. The number of ketones is 1. The zero-order valence-electron chi connectivity index (χ0n) is 12.2. The highest BCUT2D eigenvalue weighted by Crippen LogP contribution is 2.25. The number of rotatable bonds is 6. The zero-order chi connectivity index (χ0) is 15.2. The van der Waals surface area contributed by atoms with Crippen LogP contribution in [0.25, 0.3) is 0 Å². The summed E-state index contributed by atoms with van der Waals surface area (Å²) in [4.78, 5) is 14.3. The van der Waals surface area contributed by atoms with Crippen molar-refractivity contribution in [1.82, 2.24) is 4.90 Å². The first-order valence-electron chi connectivity index (χ1n) is 6.78. The molecule has 0 saturated heterocycles. The number of hydrogen-bond acceptors (Lipinski definition) is 4. The maximum absolute atomic E-state index is 12.3. The fraction of sp³-hybridized carbons (Fsp3) is 0.235. The van der Waals surface area contributed by atoms with E-state index in [-0.39, 0.29) is 17.1 Å². The van der Waals surface area contributed by atoms with Crippen LogP contribution in [0.1, 0.15) is 15.9 Å². The van der Waals surface area contributed by atoms with E-state index < -0.39 is 0 Å². The van der Waals surface area contributed by atoms with Crippen LogP contribution in [0.4, 0.5) is 0 Å². The molecule has 0 aromatic heterocycles. The molecular weight excluding hydrogens is 266 g/mol. The normalized spacial score (nSPS) is 10.6. The molecule has 0 spiro atoms. The number of aromatic hydroxyl groups is 1. The van der Waals surface area contributed by atoms with Gasteiger partial charge in [0.05, 0.1) is 5.56 Å². The molecule has 2 aromatic carbocycles. The SMILES string of the molecule is CN(C)CCOc1ccc(C(=O)c2ccccc2)c(O)c1. The molecule has 1 N–H and O–H groups in total. The van der Waals surface area contributed by atoms with Crippen LogP contribution in [0.15, 0.2) is 48.5 Å². The largest absolute Gasteiger partial charge is 0.507 e. The van der Waals surface area contributed by atoms with Gasteiger partial charge in [-0.2, -0.15) is 0 Å². The number of carbonyl (C=O) groups excluding carboxylic acids is 1. The second-order valence-electron chi connectivity index (χ2n) is 5.03. The van der Waals surface area contributed by atoms with Crippen LogP contribution in [0, 0.1) is 0 Å². The van der Waals surface area contributed by atoms with Crippen molar-refractivity contribution >= 4 is 5.78 Å². The molecular formula is C17H19NO3. The Morgan fingerprint density at radius 3 is 2.48 bits per heavy atom. The quantitative estimate of drug-likeness (QED) is 0.829. The van der Waals surface area contributed by atoms with E-state index in [1.165, 1.54) is 6.07 Å². The molecule has 0 aliphatic heterocycles. The molecule has 0 amide bonds. The van der Waals surface area contributed by atoms with Crippen molar-refractivity contribution in [3.05, 3.63) is 59.7 Å². The third-order valence-corrected chi connectivity index (χ3v) is 3.06. The summed E-state index contributed by atoms with van der Waals surface area (Å²) in [5, 5.41) is 10.0. The number of ether oxygens (including phenoxy) is 1. The molecule has 0 heterocycles. The van der Waals surface area contributed by atoms with Gasteiger partial charge in [-0.15, -0.1) is 0 Å². The first kappa shape index (κ1) is 15.1. The summed E-state index contributed by atoms with van der Waals surface area (Å²) in [5.41, 5.74) is 0.829. The van der Waals surface area contributed by atoms with Gasteiger partial charge in [-0.25, -0.2) is 0 Å². The topological polar surface area (TPSA) is 49.8 Å². The van der Waals surface area contributed by atoms with Gasteiger partial charge in [0, 0.05) is 18.2 Å². The van der Waals surface area contributed by atoms with Gasteiger partial charge >= 0.3 is 0 Å². The van der Waals surface area contributed by atoms with Crippen molar-refractivity contribution < 1.29 is 14.6 Å². The van der Waals surface area contributed by atoms with Crippen LogP contribution in [-0.4, -0.2) is 43.0 Å². The van der Waals surface area contributed by atoms with Crippen molar-refractivity contribution in [2.45, 2.75) is 0 Å². The third kappa shape index (κ3) is 4.07. The first-order valence-corrected chi connectivity index (χ1v) is 6.78. The van der Waals surface area contributed by atoms with Crippen molar-refractivity contribution in [3.63, 3.8) is 0 Å². The van der Waals surface area contributed by atoms with Gasteiger partial charge in [0.15, 0.2) is 5.78 Å². The minimum Gasteiger partial charge on any atom is -0.507 e. The van der Waals surface area contributed by atoms with Crippen LogP contribution in [0.3, 0.4) is 0 Å². The zero-order valence-corrected chi connectivity index (χ0v) is 12.2. The summed E-state index contributed by atoms with van der Waals surface area (Å²) >= 11 is 0. The van der Waals surface area contributed by atoms with E-state index >= 15 is 0 Å². The van der Waals surface area contributed by atoms with Crippen molar-refractivity contribution in [1.29, 1.82) is 0 Å². The van der Waals surface area contributed by atoms with Gasteiger partial charge < -0.3 is 14.7 Å². The first-order chi connectivity index (χ1) is 10.1. The molecule has 0 atom stereocenters. The summed E-state index contributed by atoms with van der Waals surface area (Å²) in [6, 6.07) is 13.7. The molecule has 2 aromatic rings.